The number of anilines is 1. The average molecular weight is 582 g/mol. The molecular formula is C28H18F4N4O6. The zero-order valence-electron chi connectivity index (χ0n) is 21.4. The lowest BCUT2D eigenvalue weighted by atomic mass is 10.1. The molecule has 4 aromatic rings. The summed E-state index contributed by atoms with van der Waals surface area (Å²) in [6, 6.07) is 16.6. The van der Waals surface area contributed by atoms with Gasteiger partial charge in [-0.1, -0.05) is 6.07 Å². The van der Waals surface area contributed by atoms with E-state index in [0.717, 1.165) is 4.68 Å². The number of carboxylic acids is 1. The number of nitriles is 1. The Hall–Kier alpha value is -5.58. The molecule has 0 atom stereocenters. The molecule has 2 heterocycles. The molecule has 0 fully saturated rings. The highest BCUT2D eigenvalue weighted by Gasteiger charge is 2.43. The zero-order valence-corrected chi connectivity index (χ0v) is 21.4. The molecule has 0 bridgehead atoms. The second-order valence-corrected chi connectivity index (χ2v) is 8.86. The fourth-order valence-electron chi connectivity index (χ4n) is 4.17. The molecule has 42 heavy (non-hydrogen) atoms. The van der Waals surface area contributed by atoms with E-state index < -0.39 is 42.5 Å². The standard InChI is InChI=1S/C28H18F4N4O6/c1-35(17-7-10-22-23(12-17)42-28(31,32)41-22)26(37)16-3-2-4-18(11-16)36-21(20(13-33)24(34-36)25(29)30)14-40-19-8-5-15(6-9-19)27(38)39/h2-12,25H,14H2,1H3,(H,38,39). The first kappa shape index (κ1) is 28.0. The minimum atomic E-state index is -3.83. The van der Waals surface area contributed by atoms with Crippen LogP contribution in [0.1, 0.15) is 44.1 Å². The van der Waals surface area contributed by atoms with Crippen molar-refractivity contribution in [2.24, 2.45) is 0 Å². The van der Waals surface area contributed by atoms with Gasteiger partial charge in [-0.25, -0.2) is 18.3 Å². The normalized spacial score (nSPS) is 13.1. The molecule has 0 radical (unpaired) electrons. The molecule has 5 rings (SSSR count). The maximum atomic E-state index is 13.8. The third-order valence-electron chi connectivity index (χ3n) is 6.22. The molecular weight excluding hydrogens is 564 g/mol. The van der Waals surface area contributed by atoms with Crippen molar-refractivity contribution >= 4 is 17.6 Å². The molecule has 0 aliphatic carbocycles. The van der Waals surface area contributed by atoms with Crippen molar-refractivity contribution in [1.82, 2.24) is 9.78 Å². The molecule has 0 unspecified atom stereocenters. The van der Waals surface area contributed by atoms with Crippen molar-refractivity contribution in [3.8, 4) is 29.0 Å². The summed E-state index contributed by atoms with van der Waals surface area (Å²) in [5.41, 5.74) is -0.787. The van der Waals surface area contributed by atoms with Gasteiger partial charge in [-0.05, 0) is 54.6 Å². The minimum Gasteiger partial charge on any atom is -0.487 e. The van der Waals surface area contributed by atoms with Gasteiger partial charge in [0.05, 0.1) is 16.9 Å². The fraction of sp³-hybridized carbons (Fsp3) is 0.143. The van der Waals surface area contributed by atoms with Crippen LogP contribution in [0.3, 0.4) is 0 Å². The Bertz CT molecular complexity index is 1730. The number of amides is 1. The maximum absolute atomic E-state index is 13.8. The molecule has 1 N–H and O–H groups in total. The summed E-state index contributed by atoms with van der Waals surface area (Å²) in [5, 5.41) is 22.6. The van der Waals surface area contributed by atoms with Gasteiger partial charge in [-0.15, -0.1) is 8.78 Å². The van der Waals surface area contributed by atoms with E-state index in [1.165, 1.54) is 78.7 Å². The highest BCUT2D eigenvalue weighted by Crippen LogP contribution is 2.43. The summed E-state index contributed by atoms with van der Waals surface area (Å²) in [6.45, 7) is -0.394. The van der Waals surface area contributed by atoms with E-state index in [1.54, 1.807) is 6.07 Å². The summed E-state index contributed by atoms with van der Waals surface area (Å²) >= 11 is 0. The van der Waals surface area contributed by atoms with Crippen LogP contribution in [0.25, 0.3) is 5.69 Å². The van der Waals surface area contributed by atoms with E-state index in [0.29, 0.717) is 0 Å². The number of alkyl halides is 4. The molecule has 0 saturated heterocycles. The van der Waals surface area contributed by atoms with Crippen molar-refractivity contribution in [2.45, 2.75) is 19.3 Å². The SMILES string of the molecule is CN(C(=O)c1cccc(-n2nc(C(F)F)c(C#N)c2COc2ccc(C(=O)O)cc2)c1)c1ccc2c(c1)OC(F)(F)O2. The Morgan fingerprint density at radius 2 is 1.79 bits per heavy atom. The molecule has 0 saturated carbocycles. The van der Waals surface area contributed by atoms with Gasteiger partial charge in [0.2, 0.25) is 0 Å². The van der Waals surface area contributed by atoms with E-state index in [4.69, 9.17) is 9.84 Å². The predicted molar refractivity (Wildman–Crippen MR) is 136 cm³/mol. The smallest absolute Gasteiger partial charge is 0.487 e. The molecule has 3 aromatic carbocycles. The number of halogens is 4. The predicted octanol–water partition coefficient (Wildman–Crippen LogP) is 5.56. The van der Waals surface area contributed by atoms with Gasteiger partial charge < -0.3 is 24.2 Å². The zero-order chi connectivity index (χ0) is 30.2. The maximum Gasteiger partial charge on any atom is 0.586 e. The van der Waals surface area contributed by atoms with Gasteiger partial charge in [0.15, 0.2) is 11.5 Å². The number of aromatic carboxylic acids is 1. The van der Waals surface area contributed by atoms with Crippen LogP contribution in [-0.4, -0.2) is 40.1 Å². The number of carbonyl (C=O) groups excluding carboxylic acids is 1. The Balaban J connectivity index is 1.45. The summed E-state index contributed by atoms with van der Waals surface area (Å²) < 4.78 is 69.9. The summed E-state index contributed by atoms with van der Waals surface area (Å²) in [4.78, 5) is 25.6. The lowest BCUT2D eigenvalue weighted by Gasteiger charge is -2.18. The van der Waals surface area contributed by atoms with E-state index >= 15 is 0 Å². The number of carboxylic acid groups (broad SMARTS) is 1. The quantitative estimate of drug-likeness (QED) is 0.268. The number of ether oxygens (including phenoxy) is 3. The van der Waals surface area contributed by atoms with Crippen LogP contribution in [0, 0.1) is 11.3 Å². The average Bonchev–Trinajstić information content (AvgIpc) is 3.50. The van der Waals surface area contributed by atoms with Crippen LogP contribution in [-0.2, 0) is 6.61 Å². The first-order valence-electron chi connectivity index (χ1n) is 12.0. The number of nitrogens with zero attached hydrogens (tertiary/aromatic N) is 4. The molecule has 0 spiro atoms. The van der Waals surface area contributed by atoms with Crippen LogP contribution in [0.5, 0.6) is 17.2 Å². The van der Waals surface area contributed by atoms with Crippen LogP contribution >= 0.6 is 0 Å². The molecule has 14 heteroatoms. The fourth-order valence-corrected chi connectivity index (χ4v) is 4.17. The van der Waals surface area contributed by atoms with Crippen molar-refractivity contribution in [3.63, 3.8) is 0 Å². The number of hydrogen-bond donors (Lipinski definition) is 1. The van der Waals surface area contributed by atoms with Gasteiger partial charge in [-0.2, -0.15) is 10.4 Å². The van der Waals surface area contributed by atoms with Crippen molar-refractivity contribution in [1.29, 1.82) is 5.26 Å². The Labute approximate surface area is 234 Å². The number of hydrogen-bond acceptors (Lipinski definition) is 7. The molecule has 1 aliphatic heterocycles. The number of aromatic nitrogens is 2. The van der Waals surface area contributed by atoms with E-state index in [-0.39, 0.29) is 45.4 Å². The molecule has 1 aromatic heterocycles. The van der Waals surface area contributed by atoms with Gasteiger partial charge in [0.1, 0.15) is 29.7 Å². The molecule has 1 amide bonds. The molecule has 1 aliphatic rings. The van der Waals surface area contributed by atoms with Crippen LogP contribution in [0.2, 0.25) is 0 Å². The summed E-state index contributed by atoms with van der Waals surface area (Å²) in [7, 11) is 1.40. The van der Waals surface area contributed by atoms with Crippen LogP contribution in [0.15, 0.2) is 66.7 Å². The third-order valence-corrected chi connectivity index (χ3v) is 6.22. The monoisotopic (exact) mass is 582 g/mol. The Morgan fingerprint density at radius 3 is 2.45 bits per heavy atom. The third kappa shape index (κ3) is 5.39. The van der Waals surface area contributed by atoms with E-state index in [2.05, 4.69) is 14.6 Å². The summed E-state index contributed by atoms with van der Waals surface area (Å²) in [6.07, 6.45) is -6.92. The first-order valence-corrected chi connectivity index (χ1v) is 12.0. The number of rotatable bonds is 8. The number of carbonyl (C=O) groups is 2. The van der Waals surface area contributed by atoms with Crippen molar-refractivity contribution in [3.05, 3.63) is 94.8 Å². The Kier molecular flexibility index (Phi) is 7.17. The van der Waals surface area contributed by atoms with Gasteiger partial charge in [0.25, 0.3) is 12.3 Å². The molecule has 214 valence electrons. The van der Waals surface area contributed by atoms with Crippen LogP contribution < -0.4 is 19.1 Å². The highest BCUT2D eigenvalue weighted by molar-refractivity contribution is 6.06. The van der Waals surface area contributed by atoms with Crippen molar-refractivity contribution < 1.29 is 46.5 Å². The van der Waals surface area contributed by atoms with E-state index in [1.807, 2.05) is 0 Å². The van der Waals surface area contributed by atoms with Crippen LogP contribution in [0.4, 0.5) is 23.2 Å². The summed E-state index contributed by atoms with van der Waals surface area (Å²) in [5.74, 6) is -1.97. The minimum absolute atomic E-state index is 0.00947. The first-order chi connectivity index (χ1) is 20.0. The van der Waals surface area contributed by atoms with Gasteiger partial charge in [-0.3, -0.25) is 4.79 Å². The van der Waals surface area contributed by atoms with Crippen molar-refractivity contribution in [2.75, 3.05) is 11.9 Å². The van der Waals surface area contributed by atoms with Gasteiger partial charge >= 0.3 is 12.3 Å². The largest absolute Gasteiger partial charge is 0.586 e. The Morgan fingerprint density at radius 1 is 1.07 bits per heavy atom. The number of fused-ring (bicyclic) bond motifs is 1. The second-order valence-electron chi connectivity index (χ2n) is 8.86. The van der Waals surface area contributed by atoms with E-state index in [9.17, 15) is 32.4 Å². The number of benzene rings is 3. The lowest BCUT2D eigenvalue weighted by molar-refractivity contribution is -0.286. The second kappa shape index (κ2) is 10.8. The van der Waals surface area contributed by atoms with Gasteiger partial charge in [0, 0.05) is 24.4 Å². The lowest BCUT2D eigenvalue weighted by Crippen LogP contribution is -2.26. The topological polar surface area (TPSA) is 127 Å². The highest BCUT2D eigenvalue weighted by atomic mass is 19.3. The molecule has 10 nitrogen and oxygen atoms in total.